The number of halogens is 2. The smallest absolute Gasteiger partial charge is 1.00 e. The van der Waals surface area contributed by atoms with Gasteiger partial charge in [-0.25, -0.2) is 22.5 Å². The van der Waals surface area contributed by atoms with Crippen molar-refractivity contribution in [3.05, 3.63) is 61.7 Å². The normalized spacial score (nSPS) is 9.48. The van der Waals surface area contributed by atoms with Crippen LogP contribution in [-0.2, 0) is 25.8 Å². The Morgan fingerprint density at radius 1 is 0.696 bits per heavy atom. The molecule has 0 amide bonds. The van der Waals surface area contributed by atoms with Gasteiger partial charge >= 0.3 is 25.8 Å². The Kier molecular flexibility index (Phi) is 19.8. The van der Waals surface area contributed by atoms with Crippen molar-refractivity contribution in [3.63, 3.8) is 0 Å². The molecule has 2 aromatic carbocycles. The third-order valence-electron chi connectivity index (χ3n) is 3.06. The molecule has 0 bridgehead atoms. The molecule has 0 saturated carbocycles. The predicted molar refractivity (Wildman–Crippen MR) is 101 cm³/mol. The Morgan fingerprint density at radius 3 is 1.04 bits per heavy atom. The van der Waals surface area contributed by atoms with Gasteiger partial charge < -0.3 is 24.8 Å². The van der Waals surface area contributed by atoms with E-state index in [1.54, 1.807) is 10.4 Å². The zero-order valence-corrected chi connectivity index (χ0v) is 22.4. The summed E-state index contributed by atoms with van der Waals surface area (Å²) in [6.07, 6.45) is 0. The Balaban J connectivity index is -0.000000127. The second-order valence-corrected chi connectivity index (χ2v) is 17.0. The summed E-state index contributed by atoms with van der Waals surface area (Å²) in [7, 11) is -1.96. The van der Waals surface area contributed by atoms with Crippen molar-refractivity contribution in [2.45, 2.75) is 39.3 Å². The van der Waals surface area contributed by atoms with Crippen LogP contribution >= 0.6 is 0 Å². The van der Waals surface area contributed by atoms with Crippen molar-refractivity contribution in [2.75, 3.05) is 0 Å². The fraction of sp³-hybridized carbons (Fsp3) is 0.333. The standard InChI is InChI=1S/2C8H13Si.C2H4.2ClH.Hf/c2*1-9(2,3)8-6-4-5-7-8;1-2;;;/h2*4-7H,1-3H3;1-2H2;2*1H;/q2*-1;;;;+4/p-2. The van der Waals surface area contributed by atoms with Crippen LogP contribution in [0.15, 0.2) is 61.7 Å². The number of hydrogen-bond donors (Lipinski definition) is 0. The topological polar surface area (TPSA) is 0 Å². The minimum absolute atomic E-state index is 0. The SMILES string of the molecule is C=C.C[Si](C)(C)c1cc[cH-]c1.C[Si](C)(C)c1cc[cH-]c1.[Cl-].[Cl-].[Hf+4]. The molecule has 0 fully saturated rings. The molecule has 0 nitrogen and oxygen atoms in total. The van der Waals surface area contributed by atoms with Crippen LogP contribution < -0.4 is 35.2 Å². The van der Waals surface area contributed by atoms with Crippen LogP contribution in [0, 0.1) is 0 Å². The first-order valence-corrected chi connectivity index (χ1v) is 14.2. The van der Waals surface area contributed by atoms with E-state index in [0.29, 0.717) is 0 Å². The minimum Gasteiger partial charge on any atom is -1.00 e. The van der Waals surface area contributed by atoms with Crippen molar-refractivity contribution >= 4 is 26.5 Å². The summed E-state index contributed by atoms with van der Waals surface area (Å²) in [5.41, 5.74) is 0. The molecule has 2 aromatic rings. The zero-order valence-electron chi connectivity index (χ0n) is 15.3. The summed E-state index contributed by atoms with van der Waals surface area (Å²) < 4.78 is 0. The fourth-order valence-corrected chi connectivity index (χ4v) is 4.13. The first-order valence-electron chi connectivity index (χ1n) is 7.15. The molecule has 0 radical (unpaired) electrons. The Hall–Kier alpha value is 0.324. The van der Waals surface area contributed by atoms with Gasteiger partial charge in [0.2, 0.25) is 0 Å². The second-order valence-electron chi connectivity index (χ2n) is 6.85. The van der Waals surface area contributed by atoms with Crippen LogP contribution in [0.1, 0.15) is 0 Å². The number of rotatable bonds is 2. The summed E-state index contributed by atoms with van der Waals surface area (Å²) in [5.74, 6) is 0. The predicted octanol–water partition coefficient (Wildman–Crippen LogP) is -1.29. The van der Waals surface area contributed by atoms with Crippen molar-refractivity contribution in [1.29, 1.82) is 0 Å². The van der Waals surface area contributed by atoms with Gasteiger partial charge in [-0.3, -0.25) is 0 Å². The van der Waals surface area contributed by atoms with Crippen molar-refractivity contribution in [1.82, 2.24) is 0 Å². The molecule has 0 spiro atoms. The molecule has 0 atom stereocenters. The molecule has 0 heterocycles. The maximum atomic E-state index is 3.00. The molecule has 2 rings (SSSR count). The summed E-state index contributed by atoms with van der Waals surface area (Å²) in [4.78, 5) is 0. The fourth-order valence-electron chi connectivity index (χ4n) is 1.75. The summed E-state index contributed by atoms with van der Waals surface area (Å²) in [6.45, 7) is 20.2. The average molecular weight is 552 g/mol. The van der Waals surface area contributed by atoms with Gasteiger partial charge in [0.25, 0.3) is 0 Å². The van der Waals surface area contributed by atoms with Crippen molar-refractivity contribution < 1.29 is 50.7 Å². The van der Waals surface area contributed by atoms with Gasteiger partial charge in [0.1, 0.15) is 0 Å². The van der Waals surface area contributed by atoms with Gasteiger partial charge in [-0.1, -0.05) is 39.3 Å². The van der Waals surface area contributed by atoms with E-state index in [-0.39, 0.29) is 50.7 Å². The van der Waals surface area contributed by atoms with Gasteiger partial charge in [0, 0.05) is 16.1 Å². The molecule has 128 valence electrons. The number of hydrogen-bond acceptors (Lipinski definition) is 0. The van der Waals surface area contributed by atoms with E-state index < -0.39 is 16.1 Å². The van der Waals surface area contributed by atoms with E-state index in [1.165, 1.54) is 0 Å². The third-order valence-corrected chi connectivity index (χ3v) is 7.19. The van der Waals surface area contributed by atoms with E-state index >= 15 is 0 Å². The molecule has 0 saturated heterocycles. The average Bonchev–Trinajstić information content (AvgIpc) is 3.04. The van der Waals surface area contributed by atoms with Gasteiger partial charge in [-0.2, -0.15) is 36.4 Å². The summed E-state index contributed by atoms with van der Waals surface area (Å²) in [6, 6.07) is 17.4. The Bertz CT molecular complexity index is 408. The maximum Gasteiger partial charge on any atom is 4.00 e. The molecular weight excluding hydrogens is 522 g/mol. The van der Waals surface area contributed by atoms with E-state index in [2.05, 4.69) is 101 Å². The van der Waals surface area contributed by atoms with E-state index in [9.17, 15) is 0 Å². The first-order chi connectivity index (χ1) is 9.21. The van der Waals surface area contributed by atoms with Gasteiger partial charge in [-0.15, -0.1) is 13.2 Å². The summed E-state index contributed by atoms with van der Waals surface area (Å²) >= 11 is 0. The first kappa shape index (κ1) is 31.1. The Labute approximate surface area is 177 Å². The molecule has 0 aliphatic heterocycles. The van der Waals surface area contributed by atoms with Crippen LogP contribution in [-0.4, -0.2) is 16.1 Å². The molecule has 0 aromatic heterocycles. The van der Waals surface area contributed by atoms with Crippen LogP contribution in [0.3, 0.4) is 0 Å². The molecule has 5 heteroatoms. The van der Waals surface area contributed by atoms with Gasteiger partial charge in [0.05, 0.1) is 0 Å². The van der Waals surface area contributed by atoms with Crippen LogP contribution in [0.5, 0.6) is 0 Å². The molecular formula is C18H30Cl2HfSi2. The van der Waals surface area contributed by atoms with Crippen LogP contribution in [0.4, 0.5) is 0 Å². The Morgan fingerprint density at radius 2 is 0.957 bits per heavy atom. The van der Waals surface area contributed by atoms with Crippen LogP contribution in [0.2, 0.25) is 39.3 Å². The molecule has 0 aliphatic carbocycles. The molecule has 0 aliphatic rings. The quantitative estimate of drug-likeness (QED) is 0.248. The minimum atomic E-state index is -0.981. The third kappa shape index (κ3) is 13.3. The molecule has 0 N–H and O–H groups in total. The second kappa shape index (κ2) is 14.6. The zero-order chi connectivity index (χ0) is 15.8. The van der Waals surface area contributed by atoms with Gasteiger partial charge in [0.15, 0.2) is 0 Å². The summed E-state index contributed by atoms with van der Waals surface area (Å²) in [5, 5.41) is 3.12. The monoisotopic (exact) mass is 552 g/mol. The van der Waals surface area contributed by atoms with E-state index in [4.69, 9.17) is 0 Å². The van der Waals surface area contributed by atoms with E-state index in [0.717, 1.165) is 0 Å². The van der Waals surface area contributed by atoms with Gasteiger partial charge in [-0.05, 0) is 0 Å². The maximum absolute atomic E-state index is 3.00. The molecule has 0 unspecified atom stereocenters. The van der Waals surface area contributed by atoms with Crippen LogP contribution in [0.25, 0.3) is 0 Å². The van der Waals surface area contributed by atoms with E-state index in [1.807, 2.05) is 0 Å². The molecule has 23 heavy (non-hydrogen) atoms. The largest absolute Gasteiger partial charge is 4.00 e. The van der Waals surface area contributed by atoms with Crippen molar-refractivity contribution in [2.24, 2.45) is 0 Å². The van der Waals surface area contributed by atoms with Crippen molar-refractivity contribution in [3.8, 4) is 0 Å².